The molecule has 2 atom stereocenters. The van der Waals surface area contributed by atoms with Gasteiger partial charge in [0.1, 0.15) is 0 Å². The fraction of sp³-hybridized carbons (Fsp3) is 0.625. The molecule has 0 radical (unpaired) electrons. The number of likely N-dealkylation sites (N-methyl/N-ethyl adjacent to an activating group) is 1. The van der Waals surface area contributed by atoms with Gasteiger partial charge in [-0.3, -0.25) is 4.90 Å². The normalized spacial score (nSPS) is 14.6. The van der Waals surface area contributed by atoms with E-state index < -0.39 is 0 Å². The topological polar surface area (TPSA) is 24.5 Å². The van der Waals surface area contributed by atoms with Crippen LogP contribution in [-0.2, 0) is 4.74 Å². The second-order valence-corrected chi connectivity index (χ2v) is 4.91. The molecule has 0 bridgehead atoms. The molecular weight excluding hydrogens is 236 g/mol. The second kappa shape index (κ2) is 9.08. The molecule has 1 aromatic rings. The number of ether oxygens (including phenoxy) is 1. The summed E-state index contributed by atoms with van der Waals surface area (Å²) in [6.07, 6.45) is 0. The monoisotopic (exact) mass is 264 g/mol. The maximum absolute atomic E-state index is 5.18. The first-order chi connectivity index (χ1) is 9.22. The minimum absolute atomic E-state index is 0.381. The molecule has 108 valence electrons. The first-order valence-corrected chi connectivity index (χ1v) is 7.24. The molecule has 19 heavy (non-hydrogen) atoms. The van der Waals surface area contributed by atoms with Crippen molar-refractivity contribution in [3.8, 4) is 0 Å². The zero-order valence-corrected chi connectivity index (χ0v) is 12.7. The van der Waals surface area contributed by atoms with Crippen LogP contribution in [0.1, 0.15) is 32.4 Å². The Bertz CT molecular complexity index is 325. The van der Waals surface area contributed by atoms with Gasteiger partial charge in [-0.05, 0) is 25.6 Å². The van der Waals surface area contributed by atoms with E-state index in [1.54, 1.807) is 7.11 Å². The lowest BCUT2D eigenvalue weighted by Crippen LogP contribution is -2.40. The minimum atomic E-state index is 0.381. The highest BCUT2D eigenvalue weighted by Gasteiger charge is 2.18. The van der Waals surface area contributed by atoms with Crippen LogP contribution in [0.25, 0.3) is 0 Å². The van der Waals surface area contributed by atoms with Crippen LogP contribution in [0.5, 0.6) is 0 Å². The van der Waals surface area contributed by atoms with Crippen molar-refractivity contribution >= 4 is 0 Å². The van der Waals surface area contributed by atoms with Crippen molar-refractivity contribution in [2.45, 2.75) is 32.9 Å². The third-order valence-electron chi connectivity index (χ3n) is 3.51. The van der Waals surface area contributed by atoms with Gasteiger partial charge in [-0.2, -0.15) is 0 Å². The van der Waals surface area contributed by atoms with Crippen molar-refractivity contribution in [3.05, 3.63) is 35.9 Å². The second-order valence-electron chi connectivity index (χ2n) is 4.91. The van der Waals surface area contributed by atoms with Gasteiger partial charge in [0.25, 0.3) is 0 Å². The molecule has 1 rings (SSSR count). The fourth-order valence-corrected chi connectivity index (χ4v) is 2.42. The summed E-state index contributed by atoms with van der Waals surface area (Å²) in [6, 6.07) is 11.5. The molecule has 0 aliphatic carbocycles. The zero-order chi connectivity index (χ0) is 14.1. The Morgan fingerprint density at radius 3 is 2.32 bits per heavy atom. The highest BCUT2D eigenvalue weighted by molar-refractivity contribution is 5.19. The van der Waals surface area contributed by atoms with Gasteiger partial charge < -0.3 is 10.1 Å². The standard InChI is InChI=1S/C16H28N2O/c1-5-18(6-2)16(12-17-14(3)13-19-4)15-10-8-7-9-11-15/h7-11,14,16-17H,5-6,12-13H2,1-4H3. The predicted molar refractivity (Wildman–Crippen MR) is 81.4 cm³/mol. The Kier molecular flexibility index (Phi) is 7.72. The molecule has 2 unspecified atom stereocenters. The number of nitrogens with zero attached hydrogens (tertiary/aromatic N) is 1. The summed E-state index contributed by atoms with van der Waals surface area (Å²) in [6.45, 7) is 10.4. The van der Waals surface area contributed by atoms with E-state index >= 15 is 0 Å². The fourth-order valence-electron chi connectivity index (χ4n) is 2.42. The molecular formula is C16H28N2O. The molecule has 3 heteroatoms. The highest BCUT2D eigenvalue weighted by Crippen LogP contribution is 2.19. The third-order valence-corrected chi connectivity index (χ3v) is 3.51. The van der Waals surface area contributed by atoms with Crippen LogP contribution in [0, 0.1) is 0 Å². The van der Waals surface area contributed by atoms with Gasteiger partial charge in [0.05, 0.1) is 6.61 Å². The van der Waals surface area contributed by atoms with Crippen molar-refractivity contribution < 1.29 is 4.74 Å². The van der Waals surface area contributed by atoms with Crippen LogP contribution >= 0.6 is 0 Å². The number of methoxy groups -OCH3 is 1. The van der Waals surface area contributed by atoms with Crippen LogP contribution < -0.4 is 5.32 Å². The number of nitrogens with one attached hydrogen (secondary N) is 1. The summed E-state index contributed by atoms with van der Waals surface area (Å²) in [5, 5.41) is 3.56. The molecule has 0 aliphatic rings. The van der Waals surface area contributed by atoms with Gasteiger partial charge in [0.15, 0.2) is 0 Å². The smallest absolute Gasteiger partial charge is 0.0613 e. The van der Waals surface area contributed by atoms with Crippen molar-refractivity contribution in [1.82, 2.24) is 10.2 Å². The lowest BCUT2D eigenvalue weighted by molar-refractivity contribution is 0.159. The molecule has 0 amide bonds. The van der Waals surface area contributed by atoms with Crippen LogP contribution in [0.15, 0.2) is 30.3 Å². The number of rotatable bonds is 9. The Labute approximate surface area is 118 Å². The van der Waals surface area contributed by atoms with Crippen molar-refractivity contribution in [1.29, 1.82) is 0 Å². The van der Waals surface area contributed by atoms with Gasteiger partial charge in [0, 0.05) is 25.7 Å². The molecule has 1 N–H and O–H groups in total. The molecule has 0 heterocycles. The summed E-state index contributed by atoms with van der Waals surface area (Å²) in [5.74, 6) is 0. The van der Waals surface area contributed by atoms with Crippen LogP contribution in [0.4, 0.5) is 0 Å². The lowest BCUT2D eigenvalue weighted by atomic mass is 10.0. The summed E-state index contributed by atoms with van der Waals surface area (Å²) >= 11 is 0. The van der Waals surface area contributed by atoms with Crippen LogP contribution in [0.3, 0.4) is 0 Å². The lowest BCUT2D eigenvalue weighted by Gasteiger charge is -2.31. The molecule has 0 saturated carbocycles. The molecule has 1 aromatic carbocycles. The zero-order valence-electron chi connectivity index (χ0n) is 12.7. The number of benzene rings is 1. The first kappa shape index (κ1) is 16.2. The largest absolute Gasteiger partial charge is 0.383 e. The molecule has 0 aromatic heterocycles. The first-order valence-electron chi connectivity index (χ1n) is 7.24. The van der Waals surface area contributed by atoms with Gasteiger partial charge in [-0.15, -0.1) is 0 Å². The summed E-state index contributed by atoms with van der Waals surface area (Å²) in [7, 11) is 1.75. The number of hydrogen-bond acceptors (Lipinski definition) is 3. The average Bonchev–Trinajstić information content (AvgIpc) is 2.44. The Morgan fingerprint density at radius 2 is 1.79 bits per heavy atom. The SMILES string of the molecule is CCN(CC)C(CNC(C)COC)c1ccccc1. The Hall–Kier alpha value is -0.900. The van der Waals surface area contributed by atoms with Crippen LogP contribution in [-0.4, -0.2) is 44.3 Å². The van der Waals surface area contributed by atoms with Gasteiger partial charge in [0.2, 0.25) is 0 Å². The van der Waals surface area contributed by atoms with E-state index in [2.05, 4.69) is 61.3 Å². The van der Waals surface area contributed by atoms with Crippen LogP contribution in [0.2, 0.25) is 0 Å². The van der Waals surface area contributed by atoms with Crippen molar-refractivity contribution in [2.24, 2.45) is 0 Å². The predicted octanol–water partition coefficient (Wildman–Crippen LogP) is 2.69. The molecule has 0 aliphatic heterocycles. The van der Waals surface area contributed by atoms with E-state index in [0.717, 1.165) is 26.2 Å². The van der Waals surface area contributed by atoms with Gasteiger partial charge in [-0.25, -0.2) is 0 Å². The minimum Gasteiger partial charge on any atom is -0.383 e. The average molecular weight is 264 g/mol. The highest BCUT2D eigenvalue weighted by atomic mass is 16.5. The summed E-state index contributed by atoms with van der Waals surface area (Å²) < 4.78 is 5.18. The maximum atomic E-state index is 5.18. The summed E-state index contributed by atoms with van der Waals surface area (Å²) in [4.78, 5) is 2.49. The number of hydrogen-bond donors (Lipinski definition) is 1. The maximum Gasteiger partial charge on any atom is 0.0613 e. The quantitative estimate of drug-likeness (QED) is 0.742. The van der Waals surface area contributed by atoms with E-state index in [9.17, 15) is 0 Å². The molecule has 0 spiro atoms. The van der Waals surface area contributed by atoms with E-state index in [-0.39, 0.29) is 0 Å². The van der Waals surface area contributed by atoms with Crippen molar-refractivity contribution in [2.75, 3.05) is 33.4 Å². The summed E-state index contributed by atoms with van der Waals surface area (Å²) in [5.41, 5.74) is 1.38. The van der Waals surface area contributed by atoms with E-state index in [0.29, 0.717) is 12.1 Å². The van der Waals surface area contributed by atoms with Gasteiger partial charge >= 0.3 is 0 Å². The molecule has 3 nitrogen and oxygen atoms in total. The third kappa shape index (κ3) is 5.31. The molecule has 0 fully saturated rings. The van der Waals surface area contributed by atoms with E-state index in [1.165, 1.54) is 5.56 Å². The van der Waals surface area contributed by atoms with Crippen molar-refractivity contribution in [3.63, 3.8) is 0 Å². The van der Waals surface area contributed by atoms with Gasteiger partial charge in [-0.1, -0.05) is 44.2 Å². The van der Waals surface area contributed by atoms with E-state index in [4.69, 9.17) is 4.74 Å². The molecule has 0 saturated heterocycles. The van der Waals surface area contributed by atoms with E-state index in [1.807, 2.05) is 0 Å². The Balaban J connectivity index is 2.70. The Morgan fingerprint density at radius 1 is 1.16 bits per heavy atom.